The van der Waals surface area contributed by atoms with Crippen molar-refractivity contribution in [3.8, 4) is 0 Å². The number of fused-ring (bicyclic) bond motifs is 1. The molecule has 2 aliphatic rings. The van der Waals surface area contributed by atoms with E-state index in [0.29, 0.717) is 12.1 Å². The standard InChI is InChI=1S/C13H23NO6S2.2K/c1-9-13(2,3)11-8-10(22(18,19)20)4-5-12(11)14(9)6-7-21(15,16)17;;/h10-12H,1,4-8H2,2-3H3,(H,15,16,17)(H,18,19,20);;/q;2*+1/p-2. The van der Waals surface area contributed by atoms with Crippen LogP contribution < -0.4 is 103 Å². The molecule has 24 heavy (non-hydrogen) atoms. The number of nitrogens with zero attached hydrogens (tertiary/aromatic N) is 1. The summed E-state index contributed by atoms with van der Waals surface area (Å²) >= 11 is 0. The van der Waals surface area contributed by atoms with E-state index in [4.69, 9.17) is 0 Å². The molecule has 0 aromatic carbocycles. The first-order valence-electron chi connectivity index (χ1n) is 7.18. The number of likely N-dealkylation sites (tertiary alicyclic amines) is 1. The van der Waals surface area contributed by atoms with Crippen LogP contribution in [-0.4, -0.2) is 54.4 Å². The third-order valence-corrected chi connectivity index (χ3v) is 7.10. The molecule has 7 nitrogen and oxygen atoms in total. The van der Waals surface area contributed by atoms with Crippen molar-refractivity contribution in [3.05, 3.63) is 12.3 Å². The minimum atomic E-state index is -4.33. The van der Waals surface area contributed by atoms with Gasteiger partial charge in [-0.15, -0.1) is 0 Å². The van der Waals surface area contributed by atoms with E-state index in [2.05, 4.69) is 6.58 Å². The minimum absolute atomic E-state index is 0. The van der Waals surface area contributed by atoms with Crippen LogP contribution in [0, 0.1) is 11.3 Å². The summed E-state index contributed by atoms with van der Waals surface area (Å²) < 4.78 is 66.5. The fraction of sp³-hybridized carbons (Fsp3) is 0.846. The molecule has 1 aliphatic heterocycles. The van der Waals surface area contributed by atoms with Gasteiger partial charge in [0.25, 0.3) is 0 Å². The van der Waals surface area contributed by atoms with Crippen LogP contribution in [0.25, 0.3) is 0 Å². The van der Waals surface area contributed by atoms with Crippen molar-refractivity contribution in [2.75, 3.05) is 12.3 Å². The van der Waals surface area contributed by atoms with Gasteiger partial charge in [0.1, 0.15) is 0 Å². The molecular weight excluding hydrogens is 408 g/mol. The molecule has 0 radical (unpaired) electrons. The zero-order valence-electron chi connectivity index (χ0n) is 14.7. The zero-order chi connectivity index (χ0) is 16.9. The van der Waals surface area contributed by atoms with Gasteiger partial charge in [0.2, 0.25) is 0 Å². The molecule has 3 unspecified atom stereocenters. The smallest absolute Gasteiger partial charge is 0.748 e. The quantitative estimate of drug-likeness (QED) is 0.323. The molecule has 2 fully saturated rings. The van der Waals surface area contributed by atoms with E-state index in [1.807, 2.05) is 18.7 Å². The van der Waals surface area contributed by atoms with Gasteiger partial charge >= 0.3 is 103 Å². The molecular formula is C13H21K2NO6S2. The molecule has 0 aromatic rings. The van der Waals surface area contributed by atoms with Crippen molar-refractivity contribution in [1.82, 2.24) is 4.90 Å². The number of rotatable bonds is 4. The Labute approximate surface area is 229 Å². The third-order valence-electron chi connectivity index (χ3n) is 5.17. The van der Waals surface area contributed by atoms with Gasteiger partial charge in [-0.25, -0.2) is 16.8 Å². The van der Waals surface area contributed by atoms with Gasteiger partial charge in [-0.1, -0.05) is 20.4 Å². The molecule has 0 N–H and O–H groups in total. The SMILES string of the molecule is C=C1N(CCS(=O)(=O)[O-])C2CCC(S(=O)(=O)[O-])CC2C1(C)C.[K+].[K+]. The predicted octanol–water partition coefficient (Wildman–Crippen LogP) is -5.52. The fourth-order valence-corrected chi connectivity index (χ4v) is 5.11. The maximum Gasteiger partial charge on any atom is 1.00 e. The van der Waals surface area contributed by atoms with Crippen LogP contribution in [-0.2, 0) is 20.2 Å². The van der Waals surface area contributed by atoms with Crippen LogP contribution in [0.15, 0.2) is 12.3 Å². The Morgan fingerprint density at radius 3 is 2.17 bits per heavy atom. The molecule has 3 atom stereocenters. The van der Waals surface area contributed by atoms with E-state index in [9.17, 15) is 25.9 Å². The van der Waals surface area contributed by atoms with Crippen molar-refractivity contribution in [2.24, 2.45) is 11.3 Å². The normalized spacial score (nSPS) is 29.4. The van der Waals surface area contributed by atoms with Crippen LogP contribution in [0.4, 0.5) is 0 Å². The maximum atomic E-state index is 11.3. The Hall–Kier alpha value is 2.63. The Kier molecular flexibility index (Phi) is 10.5. The van der Waals surface area contributed by atoms with Crippen LogP contribution in [0.5, 0.6) is 0 Å². The van der Waals surface area contributed by atoms with Crippen LogP contribution in [0.2, 0.25) is 0 Å². The van der Waals surface area contributed by atoms with E-state index in [1.54, 1.807) is 0 Å². The second kappa shape index (κ2) is 9.42. The van der Waals surface area contributed by atoms with Crippen molar-refractivity contribution in [3.63, 3.8) is 0 Å². The second-order valence-corrected chi connectivity index (χ2v) is 9.90. The summed E-state index contributed by atoms with van der Waals surface area (Å²) in [4.78, 5) is 1.81. The average molecular weight is 430 g/mol. The molecule has 1 aliphatic carbocycles. The first-order valence-corrected chi connectivity index (χ1v) is 10.2. The van der Waals surface area contributed by atoms with Crippen LogP contribution in [0.3, 0.4) is 0 Å². The van der Waals surface area contributed by atoms with Crippen molar-refractivity contribution in [2.45, 2.75) is 44.4 Å². The van der Waals surface area contributed by atoms with Crippen LogP contribution >= 0.6 is 0 Å². The summed E-state index contributed by atoms with van der Waals surface area (Å²) in [5.74, 6) is -0.592. The summed E-state index contributed by atoms with van der Waals surface area (Å²) in [6.45, 7) is 7.89. The molecule has 1 heterocycles. The largest absolute Gasteiger partial charge is 1.00 e. The maximum absolute atomic E-state index is 11.3. The minimum Gasteiger partial charge on any atom is -0.748 e. The summed E-state index contributed by atoms with van der Waals surface area (Å²) in [6.07, 6.45) is 0.998. The van der Waals surface area contributed by atoms with Crippen molar-refractivity contribution < 1.29 is 129 Å². The molecule has 0 amide bonds. The van der Waals surface area contributed by atoms with E-state index in [1.165, 1.54) is 0 Å². The Balaban J connectivity index is 0.00000264. The predicted molar refractivity (Wildman–Crippen MR) is 78.8 cm³/mol. The number of hydrogen-bond acceptors (Lipinski definition) is 7. The molecule has 1 saturated heterocycles. The van der Waals surface area contributed by atoms with E-state index in [0.717, 1.165) is 0 Å². The Morgan fingerprint density at radius 2 is 1.71 bits per heavy atom. The fourth-order valence-electron chi connectivity index (χ4n) is 3.82. The van der Waals surface area contributed by atoms with E-state index >= 15 is 0 Å². The zero-order valence-corrected chi connectivity index (χ0v) is 22.6. The third kappa shape index (κ3) is 6.06. The van der Waals surface area contributed by atoms with Gasteiger partial charge in [0.15, 0.2) is 0 Å². The molecule has 0 spiro atoms. The first-order chi connectivity index (χ1) is 9.84. The Bertz CT molecular complexity index is 677. The molecule has 11 heteroatoms. The van der Waals surface area contributed by atoms with Crippen molar-refractivity contribution >= 4 is 20.2 Å². The molecule has 128 valence electrons. The van der Waals surface area contributed by atoms with E-state index < -0.39 is 36.7 Å². The van der Waals surface area contributed by atoms with Crippen LogP contribution in [0.1, 0.15) is 33.1 Å². The van der Waals surface area contributed by atoms with E-state index in [-0.39, 0.29) is 134 Å². The van der Waals surface area contributed by atoms with Gasteiger partial charge in [-0.2, -0.15) is 0 Å². The number of hydrogen-bond donors (Lipinski definition) is 0. The van der Waals surface area contributed by atoms with Gasteiger partial charge in [-0.05, 0) is 25.2 Å². The first kappa shape index (κ1) is 26.6. The summed E-state index contributed by atoms with van der Waals surface area (Å²) in [6, 6.07) is -0.0674. The summed E-state index contributed by atoms with van der Waals surface area (Å²) in [5.41, 5.74) is 0.274. The van der Waals surface area contributed by atoms with Gasteiger partial charge in [-0.3, -0.25) is 0 Å². The topological polar surface area (TPSA) is 118 Å². The molecule has 0 bridgehead atoms. The monoisotopic (exact) mass is 429 g/mol. The van der Waals surface area contributed by atoms with Crippen molar-refractivity contribution in [1.29, 1.82) is 0 Å². The number of allylic oxidation sites excluding steroid dienone is 1. The molecule has 1 saturated carbocycles. The molecule has 0 aromatic heterocycles. The molecule has 2 rings (SSSR count). The van der Waals surface area contributed by atoms with Gasteiger partial charge in [0, 0.05) is 28.9 Å². The van der Waals surface area contributed by atoms with Gasteiger partial charge in [0.05, 0.1) is 26.0 Å². The summed E-state index contributed by atoms with van der Waals surface area (Å²) in [7, 11) is -8.65. The van der Waals surface area contributed by atoms with Gasteiger partial charge < -0.3 is 14.0 Å². The summed E-state index contributed by atoms with van der Waals surface area (Å²) in [5, 5.41) is -0.899. The second-order valence-electron chi connectivity index (χ2n) is 6.73. The average Bonchev–Trinajstić information content (AvgIpc) is 2.54. The Morgan fingerprint density at radius 1 is 1.17 bits per heavy atom.